The van der Waals surface area contributed by atoms with Gasteiger partial charge < -0.3 is 0 Å². The number of benzene rings is 2. The molecule has 2 nitrogen and oxygen atoms in total. The van der Waals surface area contributed by atoms with E-state index in [2.05, 4.69) is 81.7 Å². The third kappa shape index (κ3) is 2.04. The summed E-state index contributed by atoms with van der Waals surface area (Å²) in [5.74, 6) is 0. The Morgan fingerprint density at radius 1 is 0.833 bits per heavy atom. The molecule has 0 fully saturated rings. The summed E-state index contributed by atoms with van der Waals surface area (Å²) < 4.78 is 3.50. The van der Waals surface area contributed by atoms with Crippen LogP contribution in [0.5, 0.6) is 0 Å². The van der Waals surface area contributed by atoms with Crippen LogP contribution in [-0.2, 0) is 12.8 Å². The average molecular weight is 424 g/mol. The minimum Gasteiger partial charge on any atom is -0.231 e. The second-order valence-electron chi connectivity index (χ2n) is 6.47. The lowest BCUT2D eigenvalue weighted by Gasteiger charge is -2.14. The number of hydrogen-bond acceptors (Lipinski definition) is 1. The monoisotopic (exact) mass is 424 g/mol. The van der Waals surface area contributed by atoms with Crippen LogP contribution in [0.15, 0.2) is 54.6 Å². The van der Waals surface area contributed by atoms with Crippen molar-refractivity contribution >= 4 is 38.9 Å². The van der Waals surface area contributed by atoms with Gasteiger partial charge in [0.25, 0.3) is 0 Å². The lowest BCUT2D eigenvalue weighted by Crippen LogP contribution is -2.00. The Hall–Kier alpha value is -1.88. The van der Waals surface area contributed by atoms with E-state index < -0.39 is 0 Å². The van der Waals surface area contributed by atoms with Gasteiger partial charge in [0.15, 0.2) is 0 Å². The van der Waals surface area contributed by atoms with Crippen LogP contribution in [0.3, 0.4) is 0 Å². The molecule has 0 atom stereocenters. The molecule has 2 heterocycles. The van der Waals surface area contributed by atoms with Crippen LogP contribution in [0.25, 0.3) is 27.5 Å². The zero-order valence-corrected chi connectivity index (χ0v) is 15.5. The van der Waals surface area contributed by atoms with Gasteiger partial charge in [-0.15, -0.1) is 0 Å². The highest BCUT2D eigenvalue weighted by Gasteiger charge is 2.22. The van der Waals surface area contributed by atoms with Crippen LogP contribution < -0.4 is 0 Å². The Morgan fingerprint density at radius 2 is 1.54 bits per heavy atom. The lowest BCUT2D eigenvalue weighted by molar-refractivity contribution is 0.673. The predicted molar refractivity (Wildman–Crippen MR) is 107 cm³/mol. The number of nitrogens with zero attached hydrogens (tertiary/aromatic N) is 2. The van der Waals surface area contributed by atoms with Crippen LogP contribution in [-0.4, -0.2) is 9.61 Å². The lowest BCUT2D eigenvalue weighted by atomic mass is 9.95. The number of fused-ring (bicyclic) bond motifs is 5. The zero-order valence-electron chi connectivity index (χ0n) is 13.3. The molecule has 0 spiro atoms. The molecule has 1 aliphatic rings. The molecule has 0 bridgehead atoms. The van der Waals surface area contributed by atoms with E-state index >= 15 is 0 Å². The topological polar surface area (TPSA) is 17.3 Å². The van der Waals surface area contributed by atoms with E-state index in [1.165, 1.54) is 55.2 Å². The minimum absolute atomic E-state index is 1.11. The molecule has 118 valence electrons. The fourth-order valence-corrected chi connectivity index (χ4v) is 4.95. The second-order valence-corrected chi connectivity index (χ2v) is 7.55. The number of aromatic nitrogens is 2. The Bertz CT molecular complexity index is 1060. The van der Waals surface area contributed by atoms with E-state index in [9.17, 15) is 0 Å². The highest BCUT2D eigenvalue weighted by atomic mass is 127. The molecular formula is C21H17IN2. The van der Waals surface area contributed by atoms with Gasteiger partial charge in [-0.2, -0.15) is 5.10 Å². The van der Waals surface area contributed by atoms with Gasteiger partial charge in [-0.3, -0.25) is 0 Å². The van der Waals surface area contributed by atoms with Crippen LogP contribution in [0.1, 0.15) is 24.1 Å². The number of aryl methyl sites for hydroxylation is 2. The smallest absolute Gasteiger partial charge is 0.0865 e. The van der Waals surface area contributed by atoms with Crippen molar-refractivity contribution in [3.05, 3.63) is 69.4 Å². The predicted octanol–water partition coefficient (Wildman–Crippen LogP) is 5.64. The van der Waals surface area contributed by atoms with E-state index in [0.717, 1.165) is 12.8 Å². The molecule has 4 aromatic rings. The Kier molecular flexibility index (Phi) is 3.37. The molecule has 0 saturated heterocycles. The third-order valence-electron chi connectivity index (χ3n) is 5.04. The first-order valence-corrected chi connectivity index (χ1v) is 9.58. The normalized spacial score (nSPS) is 14.2. The SMILES string of the molecule is Ic1c(-c2ccccc2)n2nc3c(c2c2ccccc12)CCCC3. The van der Waals surface area contributed by atoms with Crippen molar-refractivity contribution < 1.29 is 0 Å². The van der Waals surface area contributed by atoms with Crippen LogP contribution in [0.2, 0.25) is 0 Å². The fourth-order valence-electron chi connectivity index (χ4n) is 3.94. The van der Waals surface area contributed by atoms with Crippen LogP contribution in [0, 0.1) is 3.57 Å². The van der Waals surface area contributed by atoms with Crippen molar-refractivity contribution in [3.63, 3.8) is 0 Å². The number of rotatable bonds is 1. The van der Waals surface area contributed by atoms with E-state index in [-0.39, 0.29) is 0 Å². The largest absolute Gasteiger partial charge is 0.231 e. The van der Waals surface area contributed by atoms with Crippen molar-refractivity contribution in [2.24, 2.45) is 0 Å². The Labute approximate surface area is 154 Å². The second kappa shape index (κ2) is 5.59. The van der Waals surface area contributed by atoms with Gasteiger partial charge in [-0.05, 0) is 53.7 Å². The maximum atomic E-state index is 5.05. The minimum atomic E-state index is 1.11. The number of pyridine rings is 1. The summed E-state index contributed by atoms with van der Waals surface area (Å²) in [6.45, 7) is 0. The zero-order chi connectivity index (χ0) is 16.1. The summed E-state index contributed by atoms with van der Waals surface area (Å²) in [5, 5.41) is 7.71. The van der Waals surface area contributed by atoms with Crippen molar-refractivity contribution in [3.8, 4) is 11.3 Å². The first-order chi connectivity index (χ1) is 11.8. The third-order valence-corrected chi connectivity index (χ3v) is 6.13. The first kappa shape index (κ1) is 14.5. The van der Waals surface area contributed by atoms with Gasteiger partial charge in [-0.1, -0.05) is 54.6 Å². The number of halogens is 1. The van der Waals surface area contributed by atoms with Gasteiger partial charge in [0.05, 0.1) is 16.9 Å². The van der Waals surface area contributed by atoms with Gasteiger partial charge in [-0.25, -0.2) is 4.52 Å². The molecule has 2 aromatic carbocycles. The van der Waals surface area contributed by atoms with Crippen molar-refractivity contribution in [2.75, 3.05) is 0 Å². The summed E-state index contributed by atoms with van der Waals surface area (Å²) in [5.41, 5.74) is 6.54. The quantitative estimate of drug-likeness (QED) is 0.362. The molecule has 5 rings (SSSR count). The van der Waals surface area contributed by atoms with Gasteiger partial charge >= 0.3 is 0 Å². The van der Waals surface area contributed by atoms with E-state index in [1.54, 1.807) is 0 Å². The van der Waals surface area contributed by atoms with E-state index in [4.69, 9.17) is 5.10 Å². The molecule has 0 aliphatic heterocycles. The molecule has 3 heteroatoms. The standard InChI is InChI=1S/C21H17IN2/c22-19-15-10-4-5-11-16(15)21-17-12-6-7-13-18(17)23-24(21)20(19)14-8-2-1-3-9-14/h1-5,8-11H,6-7,12-13H2. The fraction of sp³-hybridized carbons (Fsp3) is 0.190. The molecule has 24 heavy (non-hydrogen) atoms. The molecule has 1 aliphatic carbocycles. The first-order valence-electron chi connectivity index (χ1n) is 8.50. The average Bonchev–Trinajstić information content (AvgIpc) is 3.02. The van der Waals surface area contributed by atoms with Crippen molar-refractivity contribution in [2.45, 2.75) is 25.7 Å². The highest BCUT2D eigenvalue weighted by Crippen LogP contribution is 2.37. The maximum absolute atomic E-state index is 5.05. The summed E-state index contributed by atoms with van der Waals surface area (Å²) in [4.78, 5) is 0. The van der Waals surface area contributed by atoms with Gasteiger partial charge in [0.2, 0.25) is 0 Å². The van der Waals surface area contributed by atoms with Crippen LogP contribution in [0.4, 0.5) is 0 Å². The molecule has 0 saturated carbocycles. The summed E-state index contributed by atoms with van der Waals surface area (Å²) in [6.07, 6.45) is 4.79. The number of hydrogen-bond donors (Lipinski definition) is 0. The van der Waals surface area contributed by atoms with E-state index in [0.29, 0.717) is 0 Å². The molecule has 2 aromatic heterocycles. The van der Waals surface area contributed by atoms with Gasteiger partial charge in [0.1, 0.15) is 0 Å². The summed E-state index contributed by atoms with van der Waals surface area (Å²) >= 11 is 2.49. The molecule has 0 amide bonds. The van der Waals surface area contributed by atoms with Crippen LogP contribution >= 0.6 is 22.6 Å². The maximum Gasteiger partial charge on any atom is 0.0865 e. The Morgan fingerprint density at radius 3 is 2.38 bits per heavy atom. The summed E-state index contributed by atoms with van der Waals surface area (Å²) in [7, 11) is 0. The highest BCUT2D eigenvalue weighted by molar-refractivity contribution is 14.1. The molecule has 0 unspecified atom stereocenters. The van der Waals surface area contributed by atoms with Gasteiger partial charge in [0, 0.05) is 20.1 Å². The molecule has 0 N–H and O–H groups in total. The van der Waals surface area contributed by atoms with E-state index in [1.807, 2.05) is 0 Å². The Balaban J connectivity index is 2.01. The van der Waals surface area contributed by atoms with Crippen molar-refractivity contribution in [1.29, 1.82) is 0 Å². The molecular weight excluding hydrogens is 407 g/mol. The van der Waals surface area contributed by atoms with Crippen molar-refractivity contribution in [1.82, 2.24) is 9.61 Å². The summed E-state index contributed by atoms with van der Waals surface area (Å²) in [6, 6.07) is 19.4. The molecule has 0 radical (unpaired) electrons.